The summed E-state index contributed by atoms with van der Waals surface area (Å²) in [5, 5.41) is 1.17. The quantitative estimate of drug-likeness (QED) is 0.480. The smallest absolute Gasteiger partial charge is 0.328 e. The number of benzene rings is 2. The van der Waals surface area contributed by atoms with E-state index in [9.17, 15) is 14.4 Å². The summed E-state index contributed by atoms with van der Waals surface area (Å²) in [4.78, 5) is 48.9. The molecule has 0 aliphatic carbocycles. The molecule has 1 unspecified atom stereocenters. The number of fused-ring (bicyclic) bond motifs is 1. The molecule has 1 amide bonds. The Morgan fingerprint density at radius 3 is 2.51 bits per heavy atom. The number of aromatic amines is 1. The van der Waals surface area contributed by atoms with Crippen LogP contribution in [-0.2, 0) is 20.7 Å². The van der Waals surface area contributed by atoms with Crippen molar-refractivity contribution in [3.8, 4) is 0 Å². The third kappa shape index (κ3) is 6.07. The zero-order chi connectivity index (χ0) is 24.8. The number of hydrogen-bond donors (Lipinski definition) is 1. The number of carbonyl (C=O) groups is 2. The van der Waals surface area contributed by atoms with Gasteiger partial charge in [-0.2, -0.15) is 0 Å². The lowest BCUT2D eigenvalue weighted by Crippen LogP contribution is -2.51. The summed E-state index contributed by atoms with van der Waals surface area (Å²) >= 11 is 6.02. The van der Waals surface area contributed by atoms with Gasteiger partial charge >= 0.3 is 5.97 Å². The van der Waals surface area contributed by atoms with E-state index in [0.29, 0.717) is 73.8 Å². The fourth-order valence-electron chi connectivity index (χ4n) is 4.41. The molecule has 1 saturated heterocycles. The molecule has 0 spiro atoms. The van der Waals surface area contributed by atoms with E-state index in [-0.39, 0.29) is 17.4 Å². The number of aryl methyl sites for hydroxylation is 1. The van der Waals surface area contributed by atoms with Crippen molar-refractivity contribution in [2.24, 2.45) is 0 Å². The molecule has 0 saturated carbocycles. The van der Waals surface area contributed by atoms with Gasteiger partial charge < -0.3 is 14.6 Å². The van der Waals surface area contributed by atoms with E-state index in [1.54, 1.807) is 25.1 Å². The van der Waals surface area contributed by atoms with Crippen LogP contribution in [0.25, 0.3) is 10.9 Å². The normalized spacial score (nSPS) is 15.2. The minimum Gasteiger partial charge on any atom is -0.465 e. The zero-order valence-corrected chi connectivity index (χ0v) is 20.5. The second-order valence-electron chi connectivity index (χ2n) is 8.51. The molecule has 1 atom stereocenters. The van der Waals surface area contributed by atoms with Crippen molar-refractivity contribution in [2.75, 3.05) is 32.8 Å². The summed E-state index contributed by atoms with van der Waals surface area (Å²) in [7, 11) is 0. The molecular formula is C26H29ClN4O4. The van der Waals surface area contributed by atoms with Crippen LogP contribution in [-0.4, -0.2) is 64.4 Å². The number of nitrogens with zero attached hydrogens (tertiary/aromatic N) is 3. The number of amides is 1. The van der Waals surface area contributed by atoms with E-state index < -0.39 is 6.04 Å². The molecule has 1 aromatic heterocycles. The Morgan fingerprint density at radius 2 is 1.80 bits per heavy atom. The van der Waals surface area contributed by atoms with Crippen LogP contribution in [0, 0.1) is 0 Å². The molecule has 1 fully saturated rings. The third-order valence-corrected chi connectivity index (χ3v) is 6.45. The van der Waals surface area contributed by atoms with E-state index >= 15 is 0 Å². The molecule has 1 aliphatic rings. The van der Waals surface area contributed by atoms with Crippen LogP contribution >= 0.6 is 11.6 Å². The number of ether oxygens (including phenoxy) is 1. The number of piperazine rings is 1. The van der Waals surface area contributed by atoms with E-state index in [2.05, 4.69) is 14.9 Å². The van der Waals surface area contributed by atoms with E-state index in [0.717, 1.165) is 5.56 Å². The maximum atomic E-state index is 12.8. The maximum Gasteiger partial charge on any atom is 0.328 e. The number of hydrogen-bond acceptors (Lipinski definition) is 6. The largest absolute Gasteiger partial charge is 0.465 e. The SMILES string of the molecule is CCOC(=O)C(c1ccc(Cl)cc1)N1CCN(C(=O)CCCc2nc3ccccc3c(=O)[nH]2)CC1. The van der Waals surface area contributed by atoms with Crippen LogP contribution in [0.15, 0.2) is 53.3 Å². The fraction of sp³-hybridized carbons (Fsp3) is 0.385. The highest BCUT2D eigenvalue weighted by molar-refractivity contribution is 6.30. The van der Waals surface area contributed by atoms with Crippen LogP contribution in [0.3, 0.4) is 0 Å². The summed E-state index contributed by atoms with van der Waals surface area (Å²) in [6.07, 6.45) is 1.48. The summed E-state index contributed by atoms with van der Waals surface area (Å²) in [6, 6.07) is 13.9. The number of rotatable bonds is 8. The highest BCUT2D eigenvalue weighted by Crippen LogP contribution is 2.25. The minimum atomic E-state index is -0.528. The molecule has 8 nitrogen and oxygen atoms in total. The Hall–Kier alpha value is -3.23. The number of halogens is 1. The van der Waals surface area contributed by atoms with Gasteiger partial charge in [0.05, 0.1) is 17.5 Å². The molecule has 1 N–H and O–H groups in total. The monoisotopic (exact) mass is 496 g/mol. The molecule has 2 aromatic carbocycles. The summed E-state index contributed by atoms with van der Waals surface area (Å²) in [6.45, 7) is 4.30. The predicted molar refractivity (Wildman–Crippen MR) is 134 cm³/mol. The lowest BCUT2D eigenvalue weighted by atomic mass is 10.0. The van der Waals surface area contributed by atoms with Gasteiger partial charge in [0, 0.05) is 44.0 Å². The molecule has 4 rings (SSSR count). The van der Waals surface area contributed by atoms with Crippen LogP contribution in [0.4, 0.5) is 0 Å². The molecule has 0 radical (unpaired) electrons. The van der Waals surface area contributed by atoms with Crippen LogP contribution in [0.2, 0.25) is 5.02 Å². The molecule has 184 valence electrons. The Kier molecular flexibility index (Phi) is 8.15. The van der Waals surface area contributed by atoms with Crippen molar-refractivity contribution >= 4 is 34.4 Å². The molecular weight excluding hydrogens is 468 g/mol. The first-order valence-corrected chi connectivity index (χ1v) is 12.3. The van der Waals surface area contributed by atoms with E-state index in [4.69, 9.17) is 16.3 Å². The van der Waals surface area contributed by atoms with E-state index in [1.807, 2.05) is 35.2 Å². The first kappa shape index (κ1) is 24.9. The second-order valence-corrected chi connectivity index (χ2v) is 8.94. The highest BCUT2D eigenvalue weighted by Gasteiger charge is 2.32. The fourth-order valence-corrected chi connectivity index (χ4v) is 4.54. The standard InChI is InChI=1S/C26H29ClN4O4/c1-2-35-26(34)24(18-10-12-19(27)13-11-18)31-16-14-30(15-17-31)23(32)9-5-8-22-28-21-7-4-3-6-20(21)25(33)29-22/h3-4,6-7,10-13,24H,2,5,8-9,14-17H2,1H3,(H,28,29,33). The zero-order valence-electron chi connectivity index (χ0n) is 19.7. The molecule has 1 aliphatic heterocycles. The van der Waals surface area contributed by atoms with Gasteiger partial charge in [-0.25, -0.2) is 9.78 Å². The molecule has 35 heavy (non-hydrogen) atoms. The Labute approximate surface area is 208 Å². The Balaban J connectivity index is 1.32. The Bertz CT molecular complexity index is 1240. The highest BCUT2D eigenvalue weighted by atomic mass is 35.5. The maximum absolute atomic E-state index is 12.8. The number of para-hydroxylation sites is 1. The van der Waals surface area contributed by atoms with Gasteiger partial charge in [-0.3, -0.25) is 14.5 Å². The van der Waals surface area contributed by atoms with Crippen LogP contribution < -0.4 is 5.56 Å². The van der Waals surface area contributed by atoms with Crippen LogP contribution in [0.1, 0.15) is 37.2 Å². The van der Waals surface area contributed by atoms with Gasteiger partial charge in [-0.15, -0.1) is 0 Å². The number of esters is 1. The number of H-pyrrole nitrogens is 1. The first-order chi connectivity index (χ1) is 17.0. The van der Waals surface area contributed by atoms with Gasteiger partial charge in [-0.1, -0.05) is 35.9 Å². The molecule has 9 heteroatoms. The van der Waals surface area contributed by atoms with Gasteiger partial charge in [-0.05, 0) is 43.2 Å². The lowest BCUT2D eigenvalue weighted by molar-refractivity contribution is -0.151. The van der Waals surface area contributed by atoms with Crippen molar-refractivity contribution in [1.29, 1.82) is 0 Å². The van der Waals surface area contributed by atoms with Gasteiger partial charge in [0.15, 0.2) is 0 Å². The van der Waals surface area contributed by atoms with Gasteiger partial charge in [0.1, 0.15) is 11.9 Å². The molecule has 3 aromatic rings. The minimum absolute atomic E-state index is 0.0620. The van der Waals surface area contributed by atoms with E-state index in [1.165, 1.54) is 0 Å². The predicted octanol–water partition coefficient (Wildman–Crippen LogP) is 3.35. The van der Waals surface area contributed by atoms with Crippen molar-refractivity contribution < 1.29 is 14.3 Å². The number of nitrogens with one attached hydrogen (secondary N) is 1. The van der Waals surface area contributed by atoms with Crippen molar-refractivity contribution in [2.45, 2.75) is 32.2 Å². The second kappa shape index (κ2) is 11.5. The summed E-state index contributed by atoms with van der Waals surface area (Å²) < 4.78 is 5.32. The number of aromatic nitrogens is 2. The van der Waals surface area contributed by atoms with Crippen molar-refractivity contribution in [3.05, 3.63) is 75.3 Å². The molecule has 0 bridgehead atoms. The number of carbonyl (C=O) groups excluding carboxylic acids is 2. The third-order valence-electron chi connectivity index (χ3n) is 6.19. The van der Waals surface area contributed by atoms with Crippen LogP contribution in [0.5, 0.6) is 0 Å². The molecule has 2 heterocycles. The average molecular weight is 497 g/mol. The first-order valence-electron chi connectivity index (χ1n) is 11.9. The van der Waals surface area contributed by atoms with Crippen molar-refractivity contribution in [3.63, 3.8) is 0 Å². The summed E-state index contributed by atoms with van der Waals surface area (Å²) in [5.74, 6) is 0.352. The lowest BCUT2D eigenvalue weighted by Gasteiger charge is -2.38. The van der Waals surface area contributed by atoms with Gasteiger partial charge in [0.2, 0.25) is 5.91 Å². The topological polar surface area (TPSA) is 95.6 Å². The average Bonchev–Trinajstić information content (AvgIpc) is 2.86. The van der Waals surface area contributed by atoms with Crippen molar-refractivity contribution in [1.82, 2.24) is 19.8 Å². The Morgan fingerprint density at radius 1 is 1.09 bits per heavy atom. The summed E-state index contributed by atoms with van der Waals surface area (Å²) in [5.41, 5.74) is 1.32. The van der Waals surface area contributed by atoms with Gasteiger partial charge in [0.25, 0.3) is 5.56 Å².